The number of barbiturate groups is 1. The SMILES string of the molecule is COc1ccc(C=C2C(=O)NC(=O)N(C3CCCCC3)C2=O)cc1. The molecule has 6 nitrogen and oxygen atoms in total. The van der Waals surface area contributed by atoms with Crippen LogP contribution in [0.1, 0.15) is 37.7 Å². The van der Waals surface area contributed by atoms with E-state index in [0.717, 1.165) is 32.1 Å². The molecule has 0 atom stereocenters. The van der Waals surface area contributed by atoms with E-state index in [-0.39, 0.29) is 11.6 Å². The third-order valence-electron chi connectivity index (χ3n) is 4.50. The zero-order valence-corrected chi connectivity index (χ0v) is 13.6. The number of carbonyl (C=O) groups is 3. The average Bonchev–Trinajstić information content (AvgIpc) is 2.60. The fraction of sp³-hybridized carbons (Fsp3) is 0.389. The minimum Gasteiger partial charge on any atom is -0.497 e. The van der Waals surface area contributed by atoms with E-state index in [4.69, 9.17) is 4.74 Å². The number of carbonyl (C=O) groups excluding carboxylic acids is 3. The summed E-state index contributed by atoms with van der Waals surface area (Å²) in [7, 11) is 1.57. The Morgan fingerprint density at radius 2 is 1.75 bits per heavy atom. The van der Waals surface area contributed by atoms with Crippen molar-refractivity contribution in [3.63, 3.8) is 0 Å². The predicted octanol–water partition coefficient (Wildman–Crippen LogP) is 2.49. The van der Waals surface area contributed by atoms with Crippen molar-refractivity contribution in [3.05, 3.63) is 35.4 Å². The second-order valence-electron chi connectivity index (χ2n) is 6.06. The fourth-order valence-electron chi connectivity index (χ4n) is 3.21. The number of urea groups is 1. The van der Waals surface area contributed by atoms with E-state index in [1.807, 2.05) is 0 Å². The molecule has 0 radical (unpaired) electrons. The summed E-state index contributed by atoms with van der Waals surface area (Å²) >= 11 is 0. The van der Waals surface area contributed by atoms with Gasteiger partial charge in [-0.25, -0.2) is 4.79 Å². The monoisotopic (exact) mass is 328 g/mol. The summed E-state index contributed by atoms with van der Waals surface area (Å²) < 4.78 is 5.09. The topological polar surface area (TPSA) is 75.7 Å². The summed E-state index contributed by atoms with van der Waals surface area (Å²) in [4.78, 5) is 38.2. The number of nitrogens with one attached hydrogen (secondary N) is 1. The van der Waals surface area contributed by atoms with Crippen LogP contribution in [0.2, 0.25) is 0 Å². The molecule has 2 aliphatic rings. The minimum atomic E-state index is -0.645. The van der Waals surface area contributed by atoms with Gasteiger partial charge in [-0.15, -0.1) is 0 Å². The lowest BCUT2D eigenvalue weighted by Gasteiger charge is -2.35. The van der Waals surface area contributed by atoms with Crippen molar-refractivity contribution in [2.45, 2.75) is 38.1 Å². The van der Waals surface area contributed by atoms with E-state index < -0.39 is 17.8 Å². The van der Waals surface area contributed by atoms with Crippen LogP contribution in [0.15, 0.2) is 29.8 Å². The number of ether oxygens (including phenoxy) is 1. The number of hydrogen-bond acceptors (Lipinski definition) is 4. The predicted molar refractivity (Wildman–Crippen MR) is 88.2 cm³/mol. The summed E-state index contributed by atoms with van der Waals surface area (Å²) in [6.07, 6.45) is 6.21. The maximum atomic E-state index is 12.7. The summed E-state index contributed by atoms with van der Waals surface area (Å²) in [5.74, 6) is -0.463. The number of benzene rings is 1. The highest BCUT2D eigenvalue weighted by Crippen LogP contribution is 2.26. The summed E-state index contributed by atoms with van der Waals surface area (Å²) in [5, 5.41) is 2.28. The first-order valence-corrected chi connectivity index (χ1v) is 8.15. The summed E-state index contributed by atoms with van der Waals surface area (Å²) in [5.41, 5.74) is 0.692. The molecule has 0 unspecified atom stereocenters. The molecule has 1 aliphatic carbocycles. The smallest absolute Gasteiger partial charge is 0.331 e. The van der Waals surface area contributed by atoms with Crippen LogP contribution in [-0.4, -0.2) is 35.9 Å². The molecule has 0 bridgehead atoms. The number of methoxy groups -OCH3 is 1. The maximum absolute atomic E-state index is 12.7. The molecule has 0 aromatic heterocycles. The van der Waals surface area contributed by atoms with Crippen LogP contribution in [0.5, 0.6) is 5.75 Å². The van der Waals surface area contributed by atoms with E-state index in [9.17, 15) is 14.4 Å². The van der Waals surface area contributed by atoms with E-state index in [1.54, 1.807) is 31.4 Å². The standard InChI is InChI=1S/C18H20N2O4/c1-24-14-9-7-12(8-10-14)11-15-16(21)19-18(23)20(17(15)22)13-5-3-2-4-6-13/h7-11,13H,2-6H2,1H3,(H,19,21,23). The first-order chi connectivity index (χ1) is 11.6. The van der Waals surface area contributed by atoms with Gasteiger partial charge >= 0.3 is 6.03 Å². The number of nitrogens with zero attached hydrogens (tertiary/aromatic N) is 1. The quantitative estimate of drug-likeness (QED) is 0.683. The first kappa shape index (κ1) is 16.2. The van der Waals surface area contributed by atoms with E-state index in [2.05, 4.69) is 5.32 Å². The molecule has 1 saturated heterocycles. The highest BCUT2D eigenvalue weighted by atomic mass is 16.5. The Labute approximate surface area is 140 Å². The van der Waals surface area contributed by atoms with Gasteiger partial charge < -0.3 is 4.74 Å². The number of imide groups is 2. The normalized spacial score (nSPS) is 21.1. The van der Waals surface area contributed by atoms with Crippen LogP contribution in [0.25, 0.3) is 6.08 Å². The Morgan fingerprint density at radius 1 is 1.08 bits per heavy atom. The molecule has 1 aromatic rings. The van der Waals surface area contributed by atoms with Crippen molar-refractivity contribution in [2.24, 2.45) is 0 Å². The number of rotatable bonds is 3. The van der Waals surface area contributed by atoms with E-state index in [0.29, 0.717) is 11.3 Å². The molecule has 126 valence electrons. The molecular formula is C18H20N2O4. The zero-order valence-electron chi connectivity index (χ0n) is 13.6. The molecule has 1 heterocycles. The third-order valence-corrected chi connectivity index (χ3v) is 4.50. The van der Waals surface area contributed by atoms with Gasteiger partial charge in [0, 0.05) is 6.04 Å². The van der Waals surface area contributed by atoms with Crippen molar-refractivity contribution in [1.82, 2.24) is 10.2 Å². The van der Waals surface area contributed by atoms with Gasteiger partial charge in [-0.1, -0.05) is 31.4 Å². The van der Waals surface area contributed by atoms with Gasteiger partial charge in [0.25, 0.3) is 11.8 Å². The molecule has 2 fully saturated rings. The lowest BCUT2D eigenvalue weighted by molar-refractivity contribution is -0.132. The molecule has 1 aromatic carbocycles. The first-order valence-electron chi connectivity index (χ1n) is 8.15. The Hall–Kier alpha value is -2.63. The summed E-state index contributed by atoms with van der Waals surface area (Å²) in [6, 6.07) is 6.28. The highest BCUT2D eigenvalue weighted by molar-refractivity contribution is 6.31. The van der Waals surface area contributed by atoms with Crippen molar-refractivity contribution in [1.29, 1.82) is 0 Å². The van der Waals surface area contributed by atoms with E-state index in [1.165, 1.54) is 11.0 Å². The third kappa shape index (κ3) is 3.18. The Balaban J connectivity index is 1.87. The molecule has 4 amide bonds. The largest absolute Gasteiger partial charge is 0.497 e. The number of amides is 4. The molecule has 1 aliphatic heterocycles. The molecule has 6 heteroatoms. The van der Waals surface area contributed by atoms with Gasteiger partial charge in [-0.3, -0.25) is 19.8 Å². The van der Waals surface area contributed by atoms with Gasteiger partial charge in [0.15, 0.2) is 0 Å². The molecular weight excluding hydrogens is 308 g/mol. The van der Waals surface area contributed by atoms with Crippen LogP contribution in [-0.2, 0) is 9.59 Å². The second kappa shape index (κ2) is 6.86. The van der Waals surface area contributed by atoms with Crippen LogP contribution in [0.3, 0.4) is 0 Å². The lowest BCUT2D eigenvalue weighted by atomic mass is 9.93. The van der Waals surface area contributed by atoms with Gasteiger partial charge in [-0.2, -0.15) is 0 Å². The van der Waals surface area contributed by atoms with Gasteiger partial charge in [0.2, 0.25) is 0 Å². The summed E-state index contributed by atoms with van der Waals surface area (Å²) in [6.45, 7) is 0. The van der Waals surface area contributed by atoms with Crippen molar-refractivity contribution < 1.29 is 19.1 Å². The fourth-order valence-corrected chi connectivity index (χ4v) is 3.21. The van der Waals surface area contributed by atoms with Gasteiger partial charge in [0.05, 0.1) is 7.11 Å². The molecule has 1 N–H and O–H groups in total. The second-order valence-corrected chi connectivity index (χ2v) is 6.06. The molecule has 3 rings (SSSR count). The molecule has 24 heavy (non-hydrogen) atoms. The van der Waals surface area contributed by atoms with E-state index >= 15 is 0 Å². The highest BCUT2D eigenvalue weighted by Gasteiger charge is 2.40. The number of hydrogen-bond donors (Lipinski definition) is 1. The minimum absolute atomic E-state index is 0.00894. The van der Waals surface area contributed by atoms with Crippen molar-refractivity contribution in [2.75, 3.05) is 7.11 Å². The molecule has 1 saturated carbocycles. The van der Waals surface area contributed by atoms with Crippen LogP contribution in [0, 0.1) is 0 Å². The zero-order chi connectivity index (χ0) is 17.1. The Bertz CT molecular complexity index is 687. The average molecular weight is 328 g/mol. The Morgan fingerprint density at radius 3 is 2.38 bits per heavy atom. The lowest BCUT2D eigenvalue weighted by Crippen LogP contribution is -2.58. The van der Waals surface area contributed by atoms with Crippen molar-refractivity contribution in [3.8, 4) is 5.75 Å². The van der Waals surface area contributed by atoms with Gasteiger partial charge in [-0.05, 0) is 36.6 Å². The van der Waals surface area contributed by atoms with Crippen LogP contribution >= 0.6 is 0 Å². The Kier molecular flexibility index (Phi) is 4.64. The van der Waals surface area contributed by atoms with Gasteiger partial charge in [0.1, 0.15) is 11.3 Å². The van der Waals surface area contributed by atoms with Crippen LogP contribution in [0.4, 0.5) is 4.79 Å². The van der Waals surface area contributed by atoms with Crippen molar-refractivity contribution >= 4 is 23.9 Å². The molecule has 0 spiro atoms. The van der Waals surface area contributed by atoms with Crippen LogP contribution < -0.4 is 10.1 Å². The maximum Gasteiger partial charge on any atom is 0.331 e.